The summed E-state index contributed by atoms with van der Waals surface area (Å²) in [5.74, 6) is -1.62. The van der Waals surface area contributed by atoms with Gasteiger partial charge in [-0.25, -0.2) is 9.59 Å². The van der Waals surface area contributed by atoms with E-state index < -0.39 is 24.1 Å². The maximum Gasteiger partial charge on any atom is 0.334 e. The SMILES string of the molecule is COC(=O)[C@H](CCC[C@H](O)C(=O)OC)NC(C)=O. The molecule has 0 heterocycles. The summed E-state index contributed by atoms with van der Waals surface area (Å²) in [6, 6.07) is -0.766. The van der Waals surface area contributed by atoms with E-state index >= 15 is 0 Å². The van der Waals surface area contributed by atoms with Gasteiger partial charge in [0.25, 0.3) is 0 Å². The van der Waals surface area contributed by atoms with Crippen LogP contribution in [0.5, 0.6) is 0 Å². The van der Waals surface area contributed by atoms with Crippen LogP contribution in [0.2, 0.25) is 0 Å². The molecule has 0 spiro atoms. The number of aliphatic hydroxyl groups excluding tert-OH is 1. The number of nitrogens with one attached hydrogen (secondary N) is 1. The molecule has 7 nitrogen and oxygen atoms in total. The van der Waals surface area contributed by atoms with E-state index in [-0.39, 0.29) is 18.7 Å². The second-order valence-electron chi connectivity index (χ2n) is 3.75. The third kappa shape index (κ3) is 6.19. The van der Waals surface area contributed by atoms with Crippen LogP contribution in [0, 0.1) is 0 Å². The molecule has 0 aliphatic rings. The maximum atomic E-state index is 11.3. The molecule has 0 rings (SSSR count). The molecule has 2 atom stereocenters. The largest absolute Gasteiger partial charge is 0.467 e. The topological polar surface area (TPSA) is 102 Å². The highest BCUT2D eigenvalue weighted by molar-refractivity contribution is 5.83. The third-order valence-corrected chi connectivity index (χ3v) is 2.31. The Balaban J connectivity index is 4.15. The smallest absolute Gasteiger partial charge is 0.334 e. The zero-order chi connectivity index (χ0) is 14.1. The summed E-state index contributed by atoms with van der Waals surface area (Å²) in [4.78, 5) is 33.1. The highest BCUT2D eigenvalue weighted by Crippen LogP contribution is 2.07. The number of methoxy groups -OCH3 is 2. The summed E-state index contributed by atoms with van der Waals surface area (Å²) in [6.07, 6.45) is -0.415. The van der Waals surface area contributed by atoms with Gasteiger partial charge in [-0.05, 0) is 19.3 Å². The minimum atomic E-state index is -1.22. The lowest BCUT2D eigenvalue weighted by Gasteiger charge is -2.15. The van der Waals surface area contributed by atoms with E-state index in [2.05, 4.69) is 14.8 Å². The molecule has 0 aromatic carbocycles. The fourth-order valence-corrected chi connectivity index (χ4v) is 1.41. The molecule has 7 heteroatoms. The van der Waals surface area contributed by atoms with Gasteiger partial charge in [0.15, 0.2) is 6.10 Å². The van der Waals surface area contributed by atoms with E-state index in [1.54, 1.807) is 0 Å². The van der Waals surface area contributed by atoms with Crippen LogP contribution in [-0.4, -0.2) is 49.3 Å². The molecule has 0 radical (unpaired) electrons. The number of hydrogen-bond acceptors (Lipinski definition) is 6. The summed E-state index contributed by atoms with van der Waals surface area (Å²) < 4.78 is 8.88. The molecule has 0 aromatic rings. The normalized spacial score (nSPS) is 13.3. The van der Waals surface area contributed by atoms with Crippen molar-refractivity contribution in [2.45, 2.75) is 38.3 Å². The maximum absolute atomic E-state index is 11.3. The van der Waals surface area contributed by atoms with Crippen molar-refractivity contribution in [2.75, 3.05) is 14.2 Å². The summed E-state index contributed by atoms with van der Waals surface area (Å²) in [5.41, 5.74) is 0. The lowest BCUT2D eigenvalue weighted by Crippen LogP contribution is -2.40. The van der Waals surface area contributed by atoms with Gasteiger partial charge in [-0.15, -0.1) is 0 Å². The Kier molecular flexibility index (Phi) is 7.69. The van der Waals surface area contributed by atoms with E-state index in [0.29, 0.717) is 6.42 Å². The second-order valence-corrected chi connectivity index (χ2v) is 3.75. The predicted molar refractivity (Wildman–Crippen MR) is 61.5 cm³/mol. The first-order chi connectivity index (χ1) is 8.42. The predicted octanol–water partition coefficient (Wildman–Crippen LogP) is -0.632. The first-order valence-corrected chi connectivity index (χ1v) is 5.53. The number of carbonyl (C=O) groups is 3. The van der Waals surface area contributed by atoms with Crippen LogP contribution in [0.3, 0.4) is 0 Å². The summed E-state index contributed by atoms with van der Waals surface area (Å²) in [7, 11) is 2.40. The van der Waals surface area contributed by atoms with E-state index in [1.165, 1.54) is 21.1 Å². The number of esters is 2. The first-order valence-electron chi connectivity index (χ1n) is 5.53. The average molecular weight is 261 g/mol. The Bertz CT molecular complexity index is 304. The van der Waals surface area contributed by atoms with Crippen molar-refractivity contribution in [1.29, 1.82) is 0 Å². The van der Waals surface area contributed by atoms with Crippen LogP contribution in [-0.2, 0) is 23.9 Å². The first kappa shape index (κ1) is 16.4. The van der Waals surface area contributed by atoms with Gasteiger partial charge in [0, 0.05) is 6.92 Å². The number of aliphatic hydroxyl groups is 1. The molecule has 0 saturated carbocycles. The van der Waals surface area contributed by atoms with Crippen LogP contribution >= 0.6 is 0 Å². The third-order valence-electron chi connectivity index (χ3n) is 2.31. The lowest BCUT2D eigenvalue weighted by atomic mass is 10.1. The Hall–Kier alpha value is -1.63. The van der Waals surface area contributed by atoms with E-state index in [9.17, 15) is 19.5 Å². The van der Waals surface area contributed by atoms with Gasteiger partial charge >= 0.3 is 11.9 Å². The van der Waals surface area contributed by atoms with Gasteiger partial charge in [0.2, 0.25) is 5.91 Å². The molecular formula is C11H19NO6. The van der Waals surface area contributed by atoms with E-state index in [0.717, 1.165) is 0 Å². The molecule has 0 bridgehead atoms. The van der Waals surface area contributed by atoms with E-state index in [4.69, 9.17) is 0 Å². The molecule has 0 aliphatic heterocycles. The lowest BCUT2D eigenvalue weighted by molar-refractivity contribution is -0.150. The molecule has 0 aliphatic carbocycles. The Morgan fingerprint density at radius 1 is 1.11 bits per heavy atom. The van der Waals surface area contributed by atoms with Crippen molar-refractivity contribution in [1.82, 2.24) is 5.32 Å². The molecular weight excluding hydrogens is 242 g/mol. The Labute approximate surface area is 105 Å². The molecule has 0 unspecified atom stereocenters. The monoisotopic (exact) mass is 261 g/mol. The number of hydrogen-bond donors (Lipinski definition) is 2. The van der Waals surface area contributed by atoms with Crippen molar-refractivity contribution in [3.05, 3.63) is 0 Å². The van der Waals surface area contributed by atoms with Gasteiger partial charge in [0.05, 0.1) is 14.2 Å². The summed E-state index contributed by atoms with van der Waals surface area (Å²) in [5, 5.41) is 11.8. The van der Waals surface area contributed by atoms with E-state index in [1.807, 2.05) is 0 Å². The Morgan fingerprint density at radius 2 is 1.67 bits per heavy atom. The number of carbonyl (C=O) groups excluding carboxylic acids is 3. The van der Waals surface area contributed by atoms with Crippen LogP contribution in [0.15, 0.2) is 0 Å². The molecule has 2 N–H and O–H groups in total. The van der Waals surface area contributed by atoms with Gasteiger partial charge in [-0.3, -0.25) is 4.79 Å². The molecule has 1 amide bonds. The zero-order valence-electron chi connectivity index (χ0n) is 10.8. The van der Waals surface area contributed by atoms with Crippen molar-refractivity contribution >= 4 is 17.8 Å². The molecule has 18 heavy (non-hydrogen) atoms. The number of rotatable bonds is 7. The van der Waals surface area contributed by atoms with Crippen molar-refractivity contribution < 1.29 is 29.0 Å². The van der Waals surface area contributed by atoms with Gasteiger partial charge in [0.1, 0.15) is 6.04 Å². The molecule has 0 fully saturated rings. The minimum Gasteiger partial charge on any atom is -0.467 e. The summed E-state index contributed by atoms with van der Waals surface area (Å²) in [6.45, 7) is 1.29. The average Bonchev–Trinajstić information content (AvgIpc) is 2.34. The number of amides is 1. The van der Waals surface area contributed by atoms with Crippen LogP contribution < -0.4 is 5.32 Å². The highest BCUT2D eigenvalue weighted by Gasteiger charge is 2.21. The fourth-order valence-electron chi connectivity index (χ4n) is 1.41. The minimum absolute atomic E-state index is 0.153. The standard InChI is InChI=1S/C11H19NO6/c1-7(13)12-8(10(15)17-2)5-4-6-9(14)11(16)18-3/h8-9,14H,4-6H2,1-3H3,(H,12,13)/t8-,9-/m0/s1. The fraction of sp³-hybridized carbons (Fsp3) is 0.727. The van der Waals surface area contributed by atoms with Crippen LogP contribution in [0.1, 0.15) is 26.2 Å². The molecule has 0 aromatic heterocycles. The molecule has 0 saturated heterocycles. The zero-order valence-corrected chi connectivity index (χ0v) is 10.8. The van der Waals surface area contributed by atoms with Crippen molar-refractivity contribution in [3.8, 4) is 0 Å². The number of ether oxygens (including phenoxy) is 2. The van der Waals surface area contributed by atoms with Gasteiger partial charge in [-0.2, -0.15) is 0 Å². The van der Waals surface area contributed by atoms with Crippen molar-refractivity contribution in [2.24, 2.45) is 0 Å². The quantitative estimate of drug-likeness (QED) is 0.591. The van der Waals surface area contributed by atoms with Gasteiger partial charge < -0.3 is 19.9 Å². The Morgan fingerprint density at radius 3 is 2.11 bits per heavy atom. The second kappa shape index (κ2) is 8.46. The molecule has 104 valence electrons. The summed E-state index contributed by atoms with van der Waals surface area (Å²) >= 11 is 0. The van der Waals surface area contributed by atoms with Crippen LogP contribution in [0.25, 0.3) is 0 Å². The van der Waals surface area contributed by atoms with Gasteiger partial charge in [-0.1, -0.05) is 0 Å². The van der Waals surface area contributed by atoms with Crippen molar-refractivity contribution in [3.63, 3.8) is 0 Å². The highest BCUT2D eigenvalue weighted by atomic mass is 16.5. The van der Waals surface area contributed by atoms with Crippen LogP contribution in [0.4, 0.5) is 0 Å².